The number of imidazole rings is 1. The first kappa shape index (κ1) is 12.3. The number of piperazine rings is 1. The third-order valence-electron chi connectivity index (χ3n) is 3.22. The number of benzene rings is 1. The number of rotatable bonds is 1. The molecule has 0 bridgehead atoms. The van der Waals surface area contributed by atoms with Crippen molar-refractivity contribution in [3.63, 3.8) is 0 Å². The monoisotopic (exact) mass is 270 g/mol. The molecule has 0 aliphatic carbocycles. The topological polar surface area (TPSA) is 44.0 Å². The fourth-order valence-electron chi connectivity index (χ4n) is 2.25. The lowest BCUT2D eigenvalue weighted by atomic mass is 10.2. The van der Waals surface area contributed by atoms with Gasteiger partial charge in [-0.05, 0) is 18.2 Å². The number of halogens is 3. The molecule has 0 amide bonds. The highest BCUT2D eigenvalue weighted by Gasteiger charge is 2.34. The second-order valence-corrected chi connectivity index (χ2v) is 4.52. The van der Waals surface area contributed by atoms with Gasteiger partial charge in [0, 0.05) is 31.9 Å². The van der Waals surface area contributed by atoms with E-state index in [2.05, 4.69) is 20.2 Å². The lowest BCUT2D eigenvalue weighted by Gasteiger charge is -2.29. The third kappa shape index (κ3) is 2.37. The van der Waals surface area contributed by atoms with Gasteiger partial charge in [-0.15, -0.1) is 0 Å². The summed E-state index contributed by atoms with van der Waals surface area (Å²) in [6.45, 7) is 3.46. The van der Waals surface area contributed by atoms with E-state index in [1.54, 1.807) is 12.1 Å². The number of alkyl halides is 3. The van der Waals surface area contributed by atoms with Crippen LogP contribution < -0.4 is 10.2 Å². The molecule has 2 heterocycles. The van der Waals surface area contributed by atoms with Crippen molar-refractivity contribution < 1.29 is 13.2 Å². The zero-order chi connectivity index (χ0) is 13.5. The average Bonchev–Trinajstić information content (AvgIpc) is 2.82. The molecule has 1 fully saturated rings. The first-order valence-corrected chi connectivity index (χ1v) is 6.07. The van der Waals surface area contributed by atoms with Gasteiger partial charge in [0.1, 0.15) is 0 Å². The van der Waals surface area contributed by atoms with Gasteiger partial charge in [-0.2, -0.15) is 13.2 Å². The number of anilines is 1. The van der Waals surface area contributed by atoms with E-state index in [4.69, 9.17) is 0 Å². The molecular weight excluding hydrogens is 257 g/mol. The maximum atomic E-state index is 12.6. The summed E-state index contributed by atoms with van der Waals surface area (Å²) in [6, 6.07) is 5.17. The molecule has 102 valence electrons. The summed E-state index contributed by atoms with van der Waals surface area (Å²) in [5.41, 5.74) is 1.67. The number of fused-ring (bicyclic) bond motifs is 1. The van der Waals surface area contributed by atoms with Crippen molar-refractivity contribution in [1.82, 2.24) is 15.3 Å². The Balaban J connectivity index is 1.96. The maximum absolute atomic E-state index is 12.6. The highest BCUT2D eigenvalue weighted by molar-refractivity contribution is 5.79. The standard InChI is InChI=1S/C12H13F3N4/c13-12(14,15)11-17-9-2-1-8(7-10(9)18-11)19-5-3-16-4-6-19/h1-2,7,16H,3-6H2,(H,17,18). The lowest BCUT2D eigenvalue weighted by Crippen LogP contribution is -2.43. The van der Waals surface area contributed by atoms with E-state index < -0.39 is 12.0 Å². The molecule has 1 aromatic heterocycles. The van der Waals surface area contributed by atoms with Crippen LogP contribution in [0.5, 0.6) is 0 Å². The van der Waals surface area contributed by atoms with Gasteiger partial charge >= 0.3 is 6.18 Å². The number of hydrogen-bond acceptors (Lipinski definition) is 3. The van der Waals surface area contributed by atoms with Crippen molar-refractivity contribution in [3.8, 4) is 0 Å². The third-order valence-corrected chi connectivity index (χ3v) is 3.22. The first-order chi connectivity index (χ1) is 9.04. The molecule has 19 heavy (non-hydrogen) atoms. The fraction of sp³-hybridized carbons (Fsp3) is 0.417. The Labute approximate surface area is 107 Å². The molecule has 1 saturated heterocycles. The number of aromatic amines is 1. The van der Waals surface area contributed by atoms with E-state index in [0.717, 1.165) is 31.9 Å². The van der Waals surface area contributed by atoms with Gasteiger partial charge in [-0.25, -0.2) is 4.98 Å². The summed E-state index contributed by atoms with van der Waals surface area (Å²) in [4.78, 5) is 8.05. The van der Waals surface area contributed by atoms with Crippen molar-refractivity contribution in [2.75, 3.05) is 31.1 Å². The van der Waals surface area contributed by atoms with Crippen molar-refractivity contribution >= 4 is 16.7 Å². The molecule has 2 N–H and O–H groups in total. The minimum Gasteiger partial charge on any atom is -0.369 e. The van der Waals surface area contributed by atoms with Crippen LogP contribution in [0.3, 0.4) is 0 Å². The second kappa shape index (κ2) is 4.41. The number of H-pyrrole nitrogens is 1. The van der Waals surface area contributed by atoms with Crippen LogP contribution in [0.25, 0.3) is 11.0 Å². The van der Waals surface area contributed by atoms with Crippen LogP contribution in [0, 0.1) is 0 Å². The van der Waals surface area contributed by atoms with Gasteiger partial charge < -0.3 is 15.2 Å². The molecule has 0 unspecified atom stereocenters. The summed E-state index contributed by atoms with van der Waals surface area (Å²) in [5, 5.41) is 3.23. The Hall–Kier alpha value is -1.76. The van der Waals surface area contributed by atoms with Gasteiger partial charge in [-0.1, -0.05) is 0 Å². The molecule has 3 rings (SSSR count). The molecule has 0 spiro atoms. The Morgan fingerprint density at radius 1 is 1.16 bits per heavy atom. The Morgan fingerprint density at radius 2 is 1.89 bits per heavy atom. The fourth-order valence-corrected chi connectivity index (χ4v) is 2.25. The highest BCUT2D eigenvalue weighted by atomic mass is 19.4. The summed E-state index contributed by atoms with van der Waals surface area (Å²) >= 11 is 0. The summed E-state index contributed by atoms with van der Waals surface area (Å²) in [7, 11) is 0. The molecule has 0 atom stereocenters. The van der Waals surface area contributed by atoms with Gasteiger partial charge in [0.25, 0.3) is 0 Å². The van der Waals surface area contributed by atoms with Crippen molar-refractivity contribution in [2.45, 2.75) is 6.18 Å². The van der Waals surface area contributed by atoms with E-state index in [1.807, 2.05) is 6.07 Å². The zero-order valence-corrected chi connectivity index (χ0v) is 10.1. The SMILES string of the molecule is FC(F)(F)c1nc2cc(N3CCNCC3)ccc2[nH]1. The van der Waals surface area contributed by atoms with Crippen molar-refractivity contribution in [1.29, 1.82) is 0 Å². The van der Waals surface area contributed by atoms with Gasteiger partial charge in [-0.3, -0.25) is 0 Å². The largest absolute Gasteiger partial charge is 0.449 e. The van der Waals surface area contributed by atoms with Crippen LogP contribution in [0.2, 0.25) is 0 Å². The molecule has 4 nitrogen and oxygen atoms in total. The molecule has 1 aliphatic rings. The average molecular weight is 270 g/mol. The predicted octanol–water partition coefficient (Wildman–Crippen LogP) is 1.99. The van der Waals surface area contributed by atoms with Crippen LogP contribution in [-0.4, -0.2) is 36.1 Å². The van der Waals surface area contributed by atoms with E-state index in [1.165, 1.54) is 0 Å². The highest BCUT2D eigenvalue weighted by Crippen LogP contribution is 2.29. The van der Waals surface area contributed by atoms with E-state index >= 15 is 0 Å². The molecule has 7 heteroatoms. The van der Waals surface area contributed by atoms with Crippen LogP contribution in [0.15, 0.2) is 18.2 Å². The molecule has 1 aromatic carbocycles. The normalized spacial score (nSPS) is 17.1. The van der Waals surface area contributed by atoms with Crippen LogP contribution in [-0.2, 0) is 6.18 Å². The number of nitrogens with zero attached hydrogens (tertiary/aromatic N) is 2. The Morgan fingerprint density at radius 3 is 2.58 bits per heavy atom. The summed E-state index contributed by atoms with van der Waals surface area (Å²) < 4.78 is 37.7. The van der Waals surface area contributed by atoms with E-state index in [-0.39, 0.29) is 0 Å². The zero-order valence-electron chi connectivity index (χ0n) is 10.1. The number of hydrogen-bond donors (Lipinski definition) is 2. The quantitative estimate of drug-likeness (QED) is 0.833. The van der Waals surface area contributed by atoms with Gasteiger partial charge in [0.05, 0.1) is 11.0 Å². The minimum atomic E-state index is -4.44. The van der Waals surface area contributed by atoms with Crippen LogP contribution >= 0.6 is 0 Å². The second-order valence-electron chi connectivity index (χ2n) is 4.52. The Kier molecular flexibility index (Phi) is 2.85. The molecule has 1 aliphatic heterocycles. The maximum Gasteiger partial charge on any atom is 0.449 e. The van der Waals surface area contributed by atoms with Crippen LogP contribution in [0.1, 0.15) is 5.82 Å². The predicted molar refractivity (Wildman–Crippen MR) is 66.2 cm³/mol. The van der Waals surface area contributed by atoms with Crippen molar-refractivity contribution in [3.05, 3.63) is 24.0 Å². The summed E-state index contributed by atoms with van der Waals surface area (Å²) in [5.74, 6) is -0.944. The Bertz CT molecular complexity index is 584. The van der Waals surface area contributed by atoms with Gasteiger partial charge in [0.15, 0.2) is 0 Å². The molecule has 0 saturated carbocycles. The minimum absolute atomic E-state index is 0.350. The van der Waals surface area contributed by atoms with Crippen LogP contribution in [0.4, 0.5) is 18.9 Å². The molecule has 2 aromatic rings. The summed E-state index contributed by atoms with van der Waals surface area (Å²) in [6.07, 6.45) is -4.44. The van der Waals surface area contributed by atoms with E-state index in [9.17, 15) is 13.2 Å². The molecule has 0 radical (unpaired) electrons. The number of nitrogens with one attached hydrogen (secondary N) is 2. The first-order valence-electron chi connectivity index (χ1n) is 6.07. The molecular formula is C12H13F3N4. The van der Waals surface area contributed by atoms with Gasteiger partial charge in [0.2, 0.25) is 5.82 Å². The lowest BCUT2D eigenvalue weighted by molar-refractivity contribution is -0.144. The van der Waals surface area contributed by atoms with Crippen molar-refractivity contribution in [2.24, 2.45) is 0 Å². The smallest absolute Gasteiger partial charge is 0.369 e. The van der Waals surface area contributed by atoms with E-state index in [0.29, 0.717) is 11.0 Å². The number of aromatic nitrogens is 2.